The summed E-state index contributed by atoms with van der Waals surface area (Å²) in [5.74, 6) is 0.924. The van der Waals surface area contributed by atoms with Crippen molar-refractivity contribution in [3.05, 3.63) is 41.3 Å². The number of aryl methyl sites for hydroxylation is 2. The number of methoxy groups -OCH3 is 1. The number of nitrogens with one attached hydrogen (secondary N) is 1. The second-order valence-corrected chi connectivity index (χ2v) is 10.3. The quantitative estimate of drug-likeness (QED) is 0.668. The van der Waals surface area contributed by atoms with E-state index in [2.05, 4.69) is 15.3 Å². The molecule has 9 heteroatoms. The van der Waals surface area contributed by atoms with E-state index in [0.717, 1.165) is 5.69 Å². The Morgan fingerprint density at radius 1 is 1.24 bits per heavy atom. The first kappa shape index (κ1) is 21.6. The van der Waals surface area contributed by atoms with E-state index in [4.69, 9.17) is 13.8 Å². The van der Waals surface area contributed by atoms with Crippen molar-refractivity contribution in [1.82, 2.24) is 9.97 Å². The normalized spacial score (nSPS) is 18.8. The van der Waals surface area contributed by atoms with Crippen molar-refractivity contribution in [2.45, 2.75) is 33.4 Å². The van der Waals surface area contributed by atoms with E-state index in [-0.39, 0.29) is 17.7 Å². The number of benzene rings is 1. The van der Waals surface area contributed by atoms with E-state index in [1.807, 2.05) is 20.8 Å². The highest BCUT2D eigenvalue weighted by molar-refractivity contribution is 7.54. The molecule has 1 aliphatic rings. The number of rotatable bonds is 6. The summed E-state index contributed by atoms with van der Waals surface area (Å²) < 4.78 is 30.6. The van der Waals surface area contributed by atoms with Crippen molar-refractivity contribution >= 4 is 13.4 Å². The Hall–Kier alpha value is -2.15. The zero-order valence-corrected chi connectivity index (χ0v) is 18.3. The predicted molar refractivity (Wildman–Crippen MR) is 111 cm³/mol. The van der Waals surface area contributed by atoms with Crippen LogP contribution in [-0.2, 0) is 13.6 Å². The summed E-state index contributed by atoms with van der Waals surface area (Å²) in [6.07, 6.45) is 3.28. The van der Waals surface area contributed by atoms with Gasteiger partial charge in [0.25, 0.3) is 0 Å². The molecule has 8 nitrogen and oxygen atoms in total. The van der Waals surface area contributed by atoms with E-state index in [1.54, 1.807) is 31.5 Å². The number of hydrogen-bond donors (Lipinski definition) is 2. The lowest BCUT2D eigenvalue weighted by Gasteiger charge is -2.37. The molecule has 1 aliphatic heterocycles. The second-order valence-electron chi connectivity index (χ2n) is 8.08. The number of phenols is 1. The van der Waals surface area contributed by atoms with Crippen LogP contribution in [-0.4, -0.2) is 41.9 Å². The number of ether oxygens (including phenoxy) is 1. The maximum atomic E-state index is 13.7. The highest BCUT2D eigenvalue weighted by atomic mass is 31.2. The Kier molecular flexibility index (Phi) is 6.17. The zero-order chi connectivity index (χ0) is 21.2. The highest BCUT2D eigenvalue weighted by Gasteiger charge is 2.44. The van der Waals surface area contributed by atoms with Crippen LogP contribution in [0.2, 0.25) is 0 Å². The molecule has 29 heavy (non-hydrogen) atoms. The smallest absolute Gasteiger partial charge is 0.339 e. The summed E-state index contributed by atoms with van der Waals surface area (Å²) in [6, 6.07) is 3.44. The summed E-state index contributed by atoms with van der Waals surface area (Å²) in [6.45, 7) is 8.54. The fourth-order valence-electron chi connectivity index (χ4n) is 3.01. The van der Waals surface area contributed by atoms with Gasteiger partial charge in [-0.05, 0) is 31.0 Å². The van der Waals surface area contributed by atoms with Crippen molar-refractivity contribution < 1.29 is 23.5 Å². The molecule has 1 fully saturated rings. The highest BCUT2D eigenvalue weighted by Crippen LogP contribution is 2.64. The minimum absolute atomic E-state index is 0.0530. The van der Waals surface area contributed by atoms with Crippen molar-refractivity contribution in [2.24, 2.45) is 5.41 Å². The van der Waals surface area contributed by atoms with Crippen molar-refractivity contribution in [1.29, 1.82) is 0 Å². The molecule has 158 valence electrons. The molecule has 1 aromatic carbocycles. The van der Waals surface area contributed by atoms with E-state index in [0.29, 0.717) is 35.9 Å². The van der Waals surface area contributed by atoms with E-state index in [9.17, 15) is 9.67 Å². The standard InChI is InChI=1S/C20H28N3O5P/c1-13-6-15(7-16(26-5)19(13)24)17(9-23-18-10-21-14(2)8-22-18)29(25)27-11-20(3,4)12-28-29/h6-8,10,17,24H,9,11-12H2,1-5H3,(H,22,23). The molecule has 2 N–H and O–H groups in total. The van der Waals surface area contributed by atoms with Crippen molar-refractivity contribution in [2.75, 3.05) is 32.2 Å². The Morgan fingerprint density at radius 2 is 1.93 bits per heavy atom. The SMILES string of the molecule is COc1cc(C(CNc2cnc(C)cn2)P2(=O)OCC(C)(C)CO2)cc(C)c1O. The fourth-order valence-corrected chi connectivity index (χ4v) is 5.33. The molecule has 0 spiro atoms. The fraction of sp³-hybridized carbons (Fsp3) is 0.500. The number of aromatic hydroxyl groups is 1. The zero-order valence-electron chi connectivity index (χ0n) is 17.4. The van der Waals surface area contributed by atoms with Crippen LogP contribution in [0.15, 0.2) is 24.5 Å². The molecule has 0 bridgehead atoms. The van der Waals surface area contributed by atoms with Gasteiger partial charge >= 0.3 is 7.60 Å². The molecule has 1 saturated heterocycles. The predicted octanol–water partition coefficient (Wildman–Crippen LogP) is 4.23. The number of aromatic nitrogens is 2. The number of hydrogen-bond acceptors (Lipinski definition) is 8. The Labute approximate surface area is 171 Å². The molecule has 2 heterocycles. The summed E-state index contributed by atoms with van der Waals surface area (Å²) in [4.78, 5) is 8.51. The van der Waals surface area contributed by atoms with Gasteiger partial charge in [0.2, 0.25) is 0 Å². The summed E-state index contributed by atoms with van der Waals surface area (Å²) in [7, 11) is -2.01. The van der Waals surface area contributed by atoms with Gasteiger partial charge in [0.1, 0.15) is 11.5 Å². The molecule has 1 atom stereocenters. The van der Waals surface area contributed by atoms with E-state index < -0.39 is 13.3 Å². The molecule has 0 aliphatic carbocycles. The van der Waals surface area contributed by atoms with Gasteiger partial charge in [0.15, 0.2) is 11.5 Å². The number of nitrogens with zero attached hydrogens (tertiary/aromatic N) is 2. The third-order valence-corrected chi connectivity index (χ3v) is 7.02. The molecular formula is C20H28N3O5P. The van der Waals surface area contributed by atoms with E-state index in [1.165, 1.54) is 7.11 Å². The molecule has 1 aromatic heterocycles. The second kappa shape index (κ2) is 8.30. The lowest BCUT2D eigenvalue weighted by Crippen LogP contribution is -2.31. The third kappa shape index (κ3) is 4.89. The van der Waals surface area contributed by atoms with Crippen LogP contribution in [0, 0.1) is 19.3 Å². The molecule has 1 unspecified atom stereocenters. The number of phenolic OH excluding ortho intramolecular Hbond substituents is 1. The molecule has 0 saturated carbocycles. The van der Waals surface area contributed by atoms with Crippen LogP contribution < -0.4 is 10.1 Å². The Balaban J connectivity index is 1.94. The van der Waals surface area contributed by atoms with Crippen LogP contribution in [0.4, 0.5) is 5.82 Å². The first-order chi connectivity index (χ1) is 13.6. The molecule has 0 radical (unpaired) electrons. The first-order valence-electron chi connectivity index (χ1n) is 9.42. The van der Waals surface area contributed by atoms with Crippen LogP contribution in [0.1, 0.15) is 36.3 Å². The monoisotopic (exact) mass is 421 g/mol. The topological polar surface area (TPSA) is 103 Å². The van der Waals surface area contributed by atoms with Crippen molar-refractivity contribution in [3.8, 4) is 11.5 Å². The third-order valence-electron chi connectivity index (χ3n) is 4.80. The lowest BCUT2D eigenvalue weighted by atomic mass is 9.97. The summed E-state index contributed by atoms with van der Waals surface area (Å²) >= 11 is 0. The molecule has 3 rings (SSSR count). The molecule has 0 amide bonds. The minimum Gasteiger partial charge on any atom is -0.504 e. The average Bonchev–Trinajstić information content (AvgIpc) is 2.68. The van der Waals surface area contributed by atoms with Gasteiger partial charge in [0.05, 0.1) is 38.4 Å². The van der Waals surface area contributed by atoms with Crippen LogP contribution in [0.25, 0.3) is 0 Å². The number of anilines is 1. The van der Waals surface area contributed by atoms with Crippen molar-refractivity contribution in [3.63, 3.8) is 0 Å². The first-order valence-corrected chi connectivity index (χ1v) is 11.0. The minimum atomic E-state index is -3.49. The Bertz CT molecular complexity index is 903. The maximum Gasteiger partial charge on any atom is 0.339 e. The van der Waals surface area contributed by atoms with E-state index >= 15 is 0 Å². The molecular weight excluding hydrogens is 393 g/mol. The van der Waals surface area contributed by atoms with Gasteiger partial charge in [-0.2, -0.15) is 0 Å². The van der Waals surface area contributed by atoms with Crippen LogP contribution >= 0.6 is 7.60 Å². The van der Waals surface area contributed by atoms with Gasteiger partial charge in [-0.3, -0.25) is 9.55 Å². The van der Waals surface area contributed by atoms with Gasteiger partial charge in [-0.1, -0.05) is 19.9 Å². The van der Waals surface area contributed by atoms with Crippen LogP contribution in [0.5, 0.6) is 11.5 Å². The Morgan fingerprint density at radius 3 is 2.52 bits per heavy atom. The largest absolute Gasteiger partial charge is 0.504 e. The van der Waals surface area contributed by atoms with Gasteiger partial charge in [-0.15, -0.1) is 0 Å². The van der Waals surface area contributed by atoms with Crippen LogP contribution in [0.3, 0.4) is 0 Å². The van der Waals surface area contributed by atoms with Gasteiger partial charge in [0, 0.05) is 12.0 Å². The maximum absolute atomic E-state index is 13.7. The summed E-state index contributed by atoms with van der Waals surface area (Å²) in [5, 5.41) is 13.4. The lowest BCUT2D eigenvalue weighted by molar-refractivity contribution is 0.0382. The van der Waals surface area contributed by atoms with Gasteiger partial charge in [-0.25, -0.2) is 4.98 Å². The molecule has 2 aromatic rings. The van der Waals surface area contributed by atoms with Gasteiger partial charge < -0.3 is 24.2 Å². The summed E-state index contributed by atoms with van der Waals surface area (Å²) in [5.41, 5.74) is 1.28. The average molecular weight is 421 g/mol.